The van der Waals surface area contributed by atoms with E-state index < -0.39 is 14.9 Å². The first-order valence-corrected chi connectivity index (χ1v) is 8.25. The number of nitrogens with zero attached hydrogens (tertiary/aromatic N) is 2. The summed E-state index contributed by atoms with van der Waals surface area (Å²) in [7, 11) is -3.86. The van der Waals surface area contributed by atoms with Gasteiger partial charge in [0.05, 0.1) is 9.95 Å². The van der Waals surface area contributed by atoms with E-state index in [1.165, 1.54) is 16.4 Å². The van der Waals surface area contributed by atoms with E-state index in [4.69, 9.17) is 17.3 Å². The van der Waals surface area contributed by atoms with Crippen LogP contribution in [-0.4, -0.2) is 36.8 Å². The van der Waals surface area contributed by atoms with Crippen molar-refractivity contribution in [3.05, 3.63) is 33.3 Å². The van der Waals surface area contributed by atoms with Crippen molar-refractivity contribution in [2.24, 2.45) is 11.7 Å². The van der Waals surface area contributed by atoms with Crippen LogP contribution < -0.4 is 5.73 Å². The number of halogens is 1. The highest BCUT2D eigenvalue weighted by molar-refractivity contribution is 7.89. The van der Waals surface area contributed by atoms with Gasteiger partial charge in [-0.1, -0.05) is 18.5 Å². The Kier molecular flexibility index (Phi) is 4.52. The summed E-state index contributed by atoms with van der Waals surface area (Å²) in [6, 6.07) is 3.36. The van der Waals surface area contributed by atoms with Crippen LogP contribution in [0.3, 0.4) is 0 Å². The minimum Gasteiger partial charge on any atom is -0.327 e. The van der Waals surface area contributed by atoms with E-state index in [0.29, 0.717) is 6.42 Å². The van der Waals surface area contributed by atoms with E-state index in [-0.39, 0.29) is 40.7 Å². The first-order chi connectivity index (χ1) is 9.73. The molecular formula is C12H16ClN3O4S. The van der Waals surface area contributed by atoms with Gasteiger partial charge < -0.3 is 5.73 Å². The molecule has 0 amide bonds. The zero-order valence-corrected chi connectivity index (χ0v) is 13.0. The van der Waals surface area contributed by atoms with Crippen LogP contribution in [0.1, 0.15) is 13.3 Å². The first kappa shape index (κ1) is 16.2. The maximum Gasteiger partial charge on any atom is 0.270 e. The van der Waals surface area contributed by atoms with E-state index in [2.05, 4.69) is 0 Å². The van der Waals surface area contributed by atoms with Crippen LogP contribution in [0.4, 0.5) is 5.69 Å². The van der Waals surface area contributed by atoms with Gasteiger partial charge in [0.2, 0.25) is 10.0 Å². The third kappa shape index (κ3) is 3.18. The topological polar surface area (TPSA) is 107 Å². The van der Waals surface area contributed by atoms with Crippen LogP contribution in [0.15, 0.2) is 23.1 Å². The second kappa shape index (κ2) is 5.88. The van der Waals surface area contributed by atoms with E-state index in [1.807, 2.05) is 6.92 Å². The Labute approximate surface area is 127 Å². The molecule has 0 aliphatic carbocycles. The quantitative estimate of drug-likeness (QED) is 0.668. The zero-order chi connectivity index (χ0) is 15.8. The van der Waals surface area contributed by atoms with Crippen LogP contribution in [0.2, 0.25) is 5.02 Å². The Balaban J connectivity index is 2.40. The molecule has 116 valence electrons. The number of nitrogens with two attached hydrogens (primary N) is 1. The molecule has 1 aliphatic rings. The summed E-state index contributed by atoms with van der Waals surface area (Å²) in [5.74, 6) is 0.0194. The number of rotatable bonds is 3. The van der Waals surface area contributed by atoms with E-state index in [1.54, 1.807) is 0 Å². The Morgan fingerprint density at radius 1 is 1.48 bits per heavy atom. The monoisotopic (exact) mass is 333 g/mol. The number of nitro benzene ring substituents is 1. The molecule has 21 heavy (non-hydrogen) atoms. The maximum atomic E-state index is 12.6. The molecule has 1 aromatic carbocycles. The summed E-state index contributed by atoms with van der Waals surface area (Å²) >= 11 is 5.92. The van der Waals surface area contributed by atoms with Crippen molar-refractivity contribution in [3.8, 4) is 0 Å². The van der Waals surface area contributed by atoms with Crippen molar-refractivity contribution in [1.29, 1.82) is 0 Å². The van der Waals surface area contributed by atoms with Gasteiger partial charge in [0.25, 0.3) is 5.69 Å². The fourth-order valence-electron chi connectivity index (χ4n) is 2.29. The molecule has 1 fully saturated rings. The highest BCUT2D eigenvalue weighted by Crippen LogP contribution is 2.30. The molecule has 2 unspecified atom stereocenters. The number of sulfonamides is 1. The molecule has 7 nitrogen and oxygen atoms in total. The van der Waals surface area contributed by atoms with Gasteiger partial charge >= 0.3 is 0 Å². The molecule has 0 aromatic heterocycles. The lowest BCUT2D eigenvalue weighted by Gasteiger charge is -2.34. The summed E-state index contributed by atoms with van der Waals surface area (Å²) in [5.41, 5.74) is 5.57. The fraction of sp³-hybridized carbons (Fsp3) is 0.500. The molecule has 1 saturated heterocycles. The molecule has 1 aliphatic heterocycles. The molecule has 2 N–H and O–H groups in total. The van der Waals surface area contributed by atoms with Gasteiger partial charge in [0, 0.05) is 31.3 Å². The summed E-state index contributed by atoms with van der Waals surface area (Å²) in [6.07, 6.45) is 0.549. The molecule has 0 spiro atoms. The predicted octanol–water partition coefficient (Wildman–Crippen LogP) is 1.61. The SMILES string of the molecule is CC1CN(S(=O)(=O)c2cc([N+](=O)[O-])ccc2Cl)CCC1N. The van der Waals surface area contributed by atoms with Crippen molar-refractivity contribution >= 4 is 27.3 Å². The largest absolute Gasteiger partial charge is 0.327 e. The third-order valence-electron chi connectivity index (χ3n) is 3.68. The lowest BCUT2D eigenvalue weighted by Crippen LogP contribution is -2.48. The average molecular weight is 334 g/mol. The molecular weight excluding hydrogens is 318 g/mol. The van der Waals surface area contributed by atoms with Gasteiger partial charge in [0.15, 0.2) is 0 Å². The molecule has 0 bridgehead atoms. The number of piperidine rings is 1. The van der Waals surface area contributed by atoms with Crippen molar-refractivity contribution in [2.75, 3.05) is 13.1 Å². The average Bonchev–Trinajstić information content (AvgIpc) is 2.41. The number of nitro groups is 1. The minimum atomic E-state index is -3.86. The van der Waals surface area contributed by atoms with Crippen LogP contribution in [0, 0.1) is 16.0 Å². The standard InChI is InChI=1S/C12H16ClN3O4S/c1-8-7-15(5-4-11(8)14)21(19,20)12-6-9(16(17)18)2-3-10(12)13/h2-3,6,8,11H,4-5,7,14H2,1H3. The van der Waals surface area contributed by atoms with Crippen LogP contribution in [0.25, 0.3) is 0 Å². The second-order valence-electron chi connectivity index (χ2n) is 5.16. The van der Waals surface area contributed by atoms with Gasteiger partial charge in [-0.3, -0.25) is 10.1 Å². The smallest absolute Gasteiger partial charge is 0.270 e. The number of hydrogen-bond acceptors (Lipinski definition) is 5. The van der Waals surface area contributed by atoms with Gasteiger partial charge in [-0.2, -0.15) is 4.31 Å². The number of hydrogen-bond donors (Lipinski definition) is 1. The van der Waals surface area contributed by atoms with Crippen LogP contribution in [0.5, 0.6) is 0 Å². The highest BCUT2D eigenvalue weighted by atomic mass is 35.5. The van der Waals surface area contributed by atoms with Crippen molar-refractivity contribution < 1.29 is 13.3 Å². The number of benzene rings is 1. The minimum absolute atomic E-state index is 0.0194. The summed E-state index contributed by atoms with van der Waals surface area (Å²) in [6.45, 7) is 2.44. The Morgan fingerprint density at radius 3 is 2.71 bits per heavy atom. The molecule has 1 aromatic rings. The molecule has 1 heterocycles. The Hall–Kier alpha value is -1.22. The Bertz CT molecular complexity index is 664. The first-order valence-electron chi connectivity index (χ1n) is 6.43. The third-order valence-corrected chi connectivity index (χ3v) is 6.02. The highest BCUT2D eigenvalue weighted by Gasteiger charge is 2.34. The second-order valence-corrected chi connectivity index (χ2v) is 7.48. The molecule has 9 heteroatoms. The fourth-order valence-corrected chi connectivity index (χ4v) is 4.34. The molecule has 0 radical (unpaired) electrons. The number of non-ortho nitro benzene ring substituents is 1. The Morgan fingerprint density at radius 2 is 2.14 bits per heavy atom. The zero-order valence-electron chi connectivity index (χ0n) is 11.4. The predicted molar refractivity (Wildman–Crippen MR) is 78.6 cm³/mol. The normalized spacial score (nSPS) is 24.0. The van der Waals surface area contributed by atoms with Gasteiger partial charge in [0.1, 0.15) is 4.90 Å². The van der Waals surface area contributed by atoms with Crippen molar-refractivity contribution in [1.82, 2.24) is 4.31 Å². The molecule has 2 rings (SSSR count). The molecule has 2 atom stereocenters. The van der Waals surface area contributed by atoms with Crippen molar-refractivity contribution in [3.63, 3.8) is 0 Å². The van der Waals surface area contributed by atoms with E-state index in [9.17, 15) is 18.5 Å². The van der Waals surface area contributed by atoms with Gasteiger partial charge in [-0.15, -0.1) is 0 Å². The van der Waals surface area contributed by atoms with E-state index >= 15 is 0 Å². The lowest BCUT2D eigenvalue weighted by molar-refractivity contribution is -0.385. The van der Waals surface area contributed by atoms with Crippen LogP contribution in [-0.2, 0) is 10.0 Å². The molecule has 0 saturated carbocycles. The van der Waals surface area contributed by atoms with E-state index in [0.717, 1.165) is 6.07 Å². The van der Waals surface area contributed by atoms with Crippen LogP contribution >= 0.6 is 11.6 Å². The maximum absolute atomic E-state index is 12.6. The van der Waals surface area contributed by atoms with Crippen molar-refractivity contribution in [2.45, 2.75) is 24.3 Å². The lowest BCUT2D eigenvalue weighted by atomic mass is 9.96. The summed E-state index contributed by atoms with van der Waals surface area (Å²) in [5, 5.41) is 10.8. The van der Waals surface area contributed by atoms with Gasteiger partial charge in [-0.05, 0) is 18.4 Å². The summed E-state index contributed by atoms with van der Waals surface area (Å²) in [4.78, 5) is 9.92. The summed E-state index contributed by atoms with van der Waals surface area (Å²) < 4.78 is 26.5. The van der Waals surface area contributed by atoms with Gasteiger partial charge in [-0.25, -0.2) is 8.42 Å².